The topological polar surface area (TPSA) is 12.0 Å². The van der Waals surface area contributed by atoms with Gasteiger partial charge in [-0.05, 0) is 18.6 Å². The molecule has 1 heteroatoms. The molecule has 0 aromatic heterocycles. The van der Waals surface area contributed by atoms with Crippen LogP contribution in [0.2, 0.25) is 0 Å². The van der Waals surface area contributed by atoms with Crippen LogP contribution in [0.5, 0.6) is 0 Å². The second-order valence-electron chi connectivity index (χ2n) is 2.24. The van der Waals surface area contributed by atoms with Crippen molar-refractivity contribution < 1.29 is 0 Å². The maximum atomic E-state index is 3.24. The van der Waals surface area contributed by atoms with Crippen molar-refractivity contribution in [2.75, 3.05) is 6.54 Å². The summed E-state index contributed by atoms with van der Waals surface area (Å²) in [6, 6.07) is 0. The van der Waals surface area contributed by atoms with E-state index in [4.69, 9.17) is 0 Å². The average molecular weight is 135 g/mol. The molecule has 1 heterocycles. The molecule has 0 aromatic rings. The second kappa shape index (κ2) is 3.94. The minimum Gasteiger partial charge on any atom is -0.382 e. The van der Waals surface area contributed by atoms with Gasteiger partial charge >= 0.3 is 0 Å². The fourth-order valence-electron chi connectivity index (χ4n) is 0.835. The van der Waals surface area contributed by atoms with Crippen molar-refractivity contribution >= 4 is 0 Å². The Morgan fingerprint density at radius 1 is 1.70 bits per heavy atom. The first-order chi connectivity index (χ1) is 4.93. The molecule has 0 aromatic carbocycles. The molecule has 1 rings (SSSR count). The van der Waals surface area contributed by atoms with Crippen LogP contribution in [0.3, 0.4) is 0 Å². The summed E-state index contributed by atoms with van der Waals surface area (Å²) < 4.78 is 0. The van der Waals surface area contributed by atoms with Crippen LogP contribution in [-0.2, 0) is 0 Å². The minimum absolute atomic E-state index is 0.958. The van der Waals surface area contributed by atoms with Gasteiger partial charge in [0.05, 0.1) is 0 Å². The quantitative estimate of drug-likeness (QED) is 0.610. The maximum Gasteiger partial charge on any atom is 0.0339 e. The van der Waals surface area contributed by atoms with E-state index in [-0.39, 0.29) is 0 Å². The molecule has 0 spiro atoms. The molecule has 0 amide bonds. The highest BCUT2D eigenvalue weighted by atomic mass is 14.9. The number of allylic oxidation sites excluding steroid dienone is 4. The fraction of sp³-hybridized carbons (Fsp3) is 0.333. The molecule has 0 atom stereocenters. The van der Waals surface area contributed by atoms with Crippen LogP contribution in [0.4, 0.5) is 0 Å². The summed E-state index contributed by atoms with van der Waals surface area (Å²) in [5.74, 6) is 0. The van der Waals surface area contributed by atoms with Crippen molar-refractivity contribution in [3.05, 3.63) is 36.1 Å². The van der Waals surface area contributed by atoms with Crippen molar-refractivity contribution in [2.24, 2.45) is 0 Å². The van der Waals surface area contributed by atoms with Gasteiger partial charge in [0.15, 0.2) is 0 Å². The fourth-order valence-corrected chi connectivity index (χ4v) is 0.835. The van der Waals surface area contributed by atoms with Gasteiger partial charge in [-0.1, -0.05) is 25.2 Å². The lowest BCUT2D eigenvalue weighted by molar-refractivity contribution is 0.919. The summed E-state index contributed by atoms with van der Waals surface area (Å²) in [5.41, 5.74) is 1.21. The molecule has 1 N–H and O–H groups in total. The first-order valence-corrected chi connectivity index (χ1v) is 3.70. The third kappa shape index (κ3) is 2.09. The van der Waals surface area contributed by atoms with E-state index >= 15 is 0 Å². The van der Waals surface area contributed by atoms with Crippen molar-refractivity contribution in [2.45, 2.75) is 13.3 Å². The Bertz CT molecular complexity index is 175. The highest BCUT2D eigenvalue weighted by molar-refractivity contribution is 5.25. The third-order valence-corrected chi connectivity index (χ3v) is 1.37. The Hall–Kier alpha value is -0.980. The molecular weight excluding hydrogens is 122 g/mol. The first kappa shape index (κ1) is 7.13. The van der Waals surface area contributed by atoms with Gasteiger partial charge in [0.25, 0.3) is 0 Å². The maximum absolute atomic E-state index is 3.24. The van der Waals surface area contributed by atoms with Gasteiger partial charge in [0.2, 0.25) is 0 Å². The molecule has 0 bridgehead atoms. The lowest BCUT2D eigenvalue weighted by atomic mass is 10.2. The van der Waals surface area contributed by atoms with Gasteiger partial charge in [-0.3, -0.25) is 0 Å². The van der Waals surface area contributed by atoms with Crippen LogP contribution < -0.4 is 5.32 Å². The lowest BCUT2D eigenvalue weighted by Gasteiger charge is -2.06. The minimum atomic E-state index is 0.958. The van der Waals surface area contributed by atoms with E-state index < -0.39 is 0 Å². The molecule has 10 heavy (non-hydrogen) atoms. The summed E-state index contributed by atoms with van der Waals surface area (Å²) in [6.07, 6.45) is 11.6. The highest BCUT2D eigenvalue weighted by Gasteiger charge is 1.89. The number of hydrogen-bond donors (Lipinski definition) is 1. The molecule has 1 aliphatic heterocycles. The van der Waals surface area contributed by atoms with Gasteiger partial charge in [-0.2, -0.15) is 0 Å². The van der Waals surface area contributed by atoms with Gasteiger partial charge in [0, 0.05) is 12.2 Å². The Kier molecular flexibility index (Phi) is 2.81. The SMILES string of the molecule is CC/C=C/C1=CC=CCN1. The van der Waals surface area contributed by atoms with Crippen molar-refractivity contribution in [1.82, 2.24) is 5.32 Å². The van der Waals surface area contributed by atoms with E-state index in [2.05, 4.69) is 42.6 Å². The van der Waals surface area contributed by atoms with E-state index in [1.54, 1.807) is 0 Å². The monoisotopic (exact) mass is 135 g/mol. The Labute approximate surface area is 62.1 Å². The smallest absolute Gasteiger partial charge is 0.0339 e. The second-order valence-corrected chi connectivity index (χ2v) is 2.24. The normalized spacial score (nSPS) is 17.1. The number of hydrogen-bond acceptors (Lipinski definition) is 1. The van der Waals surface area contributed by atoms with Gasteiger partial charge < -0.3 is 5.32 Å². The zero-order valence-electron chi connectivity index (χ0n) is 6.30. The molecule has 0 radical (unpaired) electrons. The van der Waals surface area contributed by atoms with Crippen LogP contribution in [0.1, 0.15) is 13.3 Å². The number of rotatable bonds is 2. The number of nitrogens with one attached hydrogen (secondary N) is 1. The first-order valence-electron chi connectivity index (χ1n) is 3.70. The van der Waals surface area contributed by atoms with E-state index in [0.29, 0.717) is 0 Å². The van der Waals surface area contributed by atoms with Crippen LogP contribution in [0, 0.1) is 0 Å². The van der Waals surface area contributed by atoms with Crippen molar-refractivity contribution in [3.63, 3.8) is 0 Å². The van der Waals surface area contributed by atoms with Crippen LogP contribution in [0.15, 0.2) is 36.1 Å². The molecule has 0 aliphatic carbocycles. The Morgan fingerprint density at radius 3 is 3.20 bits per heavy atom. The molecular formula is C9H13N. The molecule has 0 saturated carbocycles. The Balaban J connectivity index is 2.47. The lowest BCUT2D eigenvalue weighted by Crippen LogP contribution is -2.13. The average Bonchev–Trinajstić information content (AvgIpc) is 2.03. The van der Waals surface area contributed by atoms with Gasteiger partial charge in [0.1, 0.15) is 0 Å². The largest absolute Gasteiger partial charge is 0.382 e. The Morgan fingerprint density at radius 2 is 2.60 bits per heavy atom. The van der Waals surface area contributed by atoms with Crippen molar-refractivity contribution in [3.8, 4) is 0 Å². The summed E-state index contributed by atoms with van der Waals surface area (Å²) in [6.45, 7) is 3.09. The third-order valence-electron chi connectivity index (χ3n) is 1.37. The summed E-state index contributed by atoms with van der Waals surface area (Å²) in [4.78, 5) is 0. The highest BCUT2D eigenvalue weighted by Crippen LogP contribution is 1.97. The molecule has 0 fully saturated rings. The zero-order valence-corrected chi connectivity index (χ0v) is 6.30. The molecule has 54 valence electrons. The van der Waals surface area contributed by atoms with Gasteiger partial charge in [-0.25, -0.2) is 0 Å². The predicted molar refractivity (Wildman–Crippen MR) is 44.7 cm³/mol. The molecule has 0 unspecified atom stereocenters. The molecule has 1 nitrogen and oxygen atoms in total. The number of dihydropyridines is 1. The summed E-state index contributed by atoms with van der Waals surface area (Å²) in [7, 11) is 0. The molecule has 0 saturated heterocycles. The van der Waals surface area contributed by atoms with Crippen LogP contribution in [-0.4, -0.2) is 6.54 Å². The standard InChI is InChI=1S/C9H13N/c1-2-3-6-9-7-4-5-8-10-9/h3-7,10H,2,8H2,1H3/b6-3+. The van der Waals surface area contributed by atoms with E-state index in [9.17, 15) is 0 Å². The van der Waals surface area contributed by atoms with Crippen molar-refractivity contribution in [1.29, 1.82) is 0 Å². The van der Waals surface area contributed by atoms with E-state index in [0.717, 1.165) is 13.0 Å². The summed E-state index contributed by atoms with van der Waals surface area (Å²) >= 11 is 0. The summed E-state index contributed by atoms with van der Waals surface area (Å²) in [5, 5.41) is 3.24. The van der Waals surface area contributed by atoms with Crippen LogP contribution in [0.25, 0.3) is 0 Å². The van der Waals surface area contributed by atoms with E-state index in [1.165, 1.54) is 5.70 Å². The predicted octanol–water partition coefficient (Wildman–Crippen LogP) is 2.00. The zero-order chi connectivity index (χ0) is 7.23. The molecule has 1 aliphatic rings. The van der Waals surface area contributed by atoms with Gasteiger partial charge in [-0.15, -0.1) is 0 Å². The van der Waals surface area contributed by atoms with Crippen LogP contribution >= 0.6 is 0 Å². The van der Waals surface area contributed by atoms with E-state index in [1.807, 2.05) is 0 Å².